The summed E-state index contributed by atoms with van der Waals surface area (Å²) < 4.78 is 168. The fraction of sp³-hybridized carbons (Fsp3) is 0.429. The largest absolute Gasteiger partial charge is 0.457 e. The Balaban J connectivity index is 1.38. The number of anilines is 1. The van der Waals surface area contributed by atoms with E-state index in [9.17, 15) is 90.5 Å². The number of allylic oxidation sites excluding steroid dienone is 7. The summed E-state index contributed by atoms with van der Waals surface area (Å²) in [6.45, 7) is 7.33. The molecule has 0 spiro atoms. The van der Waals surface area contributed by atoms with Gasteiger partial charge in [-0.15, -0.1) is 0 Å². The molecule has 0 saturated carbocycles. The van der Waals surface area contributed by atoms with E-state index in [-0.39, 0.29) is 46.2 Å². The van der Waals surface area contributed by atoms with Crippen LogP contribution in [-0.2, 0) is 65.2 Å². The summed E-state index contributed by atoms with van der Waals surface area (Å²) in [4.78, 5) is 51.1. The van der Waals surface area contributed by atoms with E-state index >= 15 is 0 Å². The Morgan fingerprint density at radius 3 is 1.89 bits per heavy atom. The van der Waals surface area contributed by atoms with E-state index in [4.69, 9.17) is 4.74 Å². The number of nitrogens with one attached hydrogen (secondary N) is 1. The SMILES string of the molecule is CC1(C)C(/C=C/C2=C(Oc3ccc(S(=O)(=O)O)cc3)C(=C/C=C3/N(CCCCS(=O)(=O)O)c4ccc(S(=O)(=O)O)cc4C3(C)C)/CCC2)=[N+](CCCCCC(=O)NCCC(O)(P(=O)(O)O)P(=O)(O)O)c2ccc(S(=O)(=O)O)cc21. The number of hydrogen-bond donors (Lipinski definition) is 10. The summed E-state index contributed by atoms with van der Waals surface area (Å²) in [6, 6.07) is 13.4. The van der Waals surface area contributed by atoms with Gasteiger partial charge in [-0.2, -0.15) is 38.2 Å². The number of carbonyl (C=O) groups excluding carboxylic acids is 1. The van der Waals surface area contributed by atoms with Gasteiger partial charge in [-0.1, -0.05) is 19.9 Å². The standard InChI is InChI=1S/C49H63N3O21P2S4/c1-47(2)39-31-37(78(67,68)69)20-22-41(39)51(28-7-5-6-13-45(53)50-27-26-49(54,74(55,56)57)75(58,59)60)43(47)24-14-33-11-10-12-34(46(33)73-35-16-18-36(19-17-35)77(64,65)66)15-25-44-48(3,4)40-32-38(79(70,71)72)21-23-42(40)52(44)29-8-9-30-76(61,62)63/h14-25,31-32,54H,5-13,26-30H2,1-4H3,(H8-,50,53,55,56,57,58,59,60,61,62,63,64,65,66,67,68,69,70,71,72)/p+1. The highest BCUT2D eigenvalue weighted by molar-refractivity contribution is 7.86. The second kappa shape index (κ2) is 23.6. The number of nitrogens with zero attached hydrogens (tertiary/aromatic N) is 2. The maximum atomic E-state index is 12.6. The average Bonchev–Trinajstić information content (AvgIpc) is 3.94. The first kappa shape index (κ1) is 63.4. The van der Waals surface area contributed by atoms with Gasteiger partial charge >= 0.3 is 15.2 Å². The number of unbranched alkanes of at least 4 members (excludes halogenated alkanes) is 3. The molecule has 0 fully saturated rings. The van der Waals surface area contributed by atoms with Crippen molar-refractivity contribution in [2.45, 2.75) is 123 Å². The summed E-state index contributed by atoms with van der Waals surface area (Å²) >= 11 is 0. The third kappa shape index (κ3) is 14.9. The van der Waals surface area contributed by atoms with Crippen LogP contribution in [0.2, 0.25) is 0 Å². The van der Waals surface area contributed by atoms with E-state index in [2.05, 4.69) is 5.32 Å². The molecule has 30 heteroatoms. The van der Waals surface area contributed by atoms with Gasteiger partial charge in [0.05, 0.1) is 25.9 Å². The van der Waals surface area contributed by atoms with Crippen LogP contribution in [0.1, 0.15) is 103 Å². The molecule has 0 aromatic heterocycles. The van der Waals surface area contributed by atoms with Crippen molar-refractivity contribution in [2.24, 2.45) is 0 Å². The van der Waals surface area contributed by atoms with Gasteiger partial charge in [0, 0.05) is 66.9 Å². The third-order valence-electron chi connectivity index (χ3n) is 14.1. The van der Waals surface area contributed by atoms with E-state index < -0.39 is 96.2 Å². The lowest BCUT2D eigenvalue weighted by Gasteiger charge is -2.29. The molecule has 434 valence electrons. The minimum absolute atomic E-state index is 0.0995. The van der Waals surface area contributed by atoms with Gasteiger partial charge < -0.3 is 39.6 Å². The molecule has 0 unspecified atom stereocenters. The Bertz CT molecular complexity index is 3590. The van der Waals surface area contributed by atoms with Gasteiger partial charge in [-0.25, -0.2) is 0 Å². The summed E-state index contributed by atoms with van der Waals surface area (Å²) in [7, 11) is -29.5. The van der Waals surface area contributed by atoms with Crippen molar-refractivity contribution in [2.75, 3.05) is 30.3 Å². The van der Waals surface area contributed by atoms with Gasteiger partial charge in [-0.05, 0) is 142 Å². The maximum absolute atomic E-state index is 12.6. The number of rotatable bonds is 24. The Labute approximate surface area is 458 Å². The quantitative estimate of drug-likeness (QED) is 0.0206. The van der Waals surface area contributed by atoms with Crippen LogP contribution in [0, 0.1) is 0 Å². The van der Waals surface area contributed by atoms with Crippen molar-refractivity contribution in [3.63, 3.8) is 0 Å². The molecule has 3 aromatic carbocycles. The monoisotopic (exact) mass is 1220 g/mol. The maximum Gasteiger partial charge on any atom is 0.369 e. The van der Waals surface area contributed by atoms with Crippen LogP contribution in [-0.4, -0.2) is 123 Å². The smallest absolute Gasteiger partial charge is 0.369 e. The molecule has 79 heavy (non-hydrogen) atoms. The average molecular weight is 1220 g/mol. The van der Waals surface area contributed by atoms with Crippen molar-refractivity contribution in [3.8, 4) is 5.75 Å². The van der Waals surface area contributed by atoms with E-state index in [0.717, 1.165) is 0 Å². The summed E-state index contributed by atoms with van der Waals surface area (Å²) in [5.74, 6) is -0.548. The number of hydrogen-bond acceptors (Lipinski definition) is 14. The first-order valence-corrected chi connectivity index (χ1v) is 33.7. The molecule has 0 atom stereocenters. The minimum Gasteiger partial charge on any atom is -0.457 e. The number of carbonyl (C=O) groups is 1. The molecular weight excluding hydrogens is 1160 g/mol. The zero-order chi connectivity index (χ0) is 59.0. The van der Waals surface area contributed by atoms with Crippen LogP contribution < -0.4 is 15.0 Å². The molecular formula is C49H64N3O21P2S4+. The fourth-order valence-electron chi connectivity index (χ4n) is 9.83. The molecule has 3 aliphatic rings. The first-order chi connectivity index (χ1) is 36.3. The molecule has 0 saturated heterocycles. The van der Waals surface area contributed by atoms with Crippen molar-refractivity contribution in [1.29, 1.82) is 0 Å². The van der Waals surface area contributed by atoms with Gasteiger partial charge in [0.25, 0.3) is 45.6 Å². The van der Waals surface area contributed by atoms with Crippen LogP contribution in [0.25, 0.3) is 0 Å². The normalized spacial score (nSPS) is 18.2. The molecule has 2 aliphatic heterocycles. The summed E-state index contributed by atoms with van der Waals surface area (Å²) in [5.41, 5.74) is 3.15. The zero-order valence-electron chi connectivity index (χ0n) is 43.3. The van der Waals surface area contributed by atoms with Gasteiger partial charge in [0.1, 0.15) is 18.1 Å². The predicted molar refractivity (Wildman–Crippen MR) is 290 cm³/mol. The third-order valence-corrected chi connectivity index (χ3v) is 21.3. The lowest BCUT2D eigenvalue weighted by Crippen LogP contribution is -2.35. The fourth-order valence-corrected chi connectivity index (χ4v) is 14.1. The second-order valence-corrected chi connectivity index (χ2v) is 30.2. The number of fused-ring (bicyclic) bond motifs is 2. The second-order valence-electron chi connectivity index (χ2n) is 20.3. The molecule has 1 aliphatic carbocycles. The van der Waals surface area contributed by atoms with E-state index in [1.807, 2.05) is 61.5 Å². The Kier molecular flexibility index (Phi) is 19.0. The molecule has 6 rings (SSSR count). The highest BCUT2D eigenvalue weighted by atomic mass is 32.2. The lowest BCUT2D eigenvalue weighted by atomic mass is 9.81. The van der Waals surface area contributed by atoms with Crippen LogP contribution >= 0.6 is 15.2 Å². The topological polar surface area (TPSA) is 397 Å². The van der Waals surface area contributed by atoms with Crippen LogP contribution in [0.3, 0.4) is 0 Å². The molecule has 10 N–H and O–H groups in total. The number of amides is 1. The molecule has 1 amide bonds. The van der Waals surface area contributed by atoms with E-state index in [1.165, 1.54) is 48.5 Å². The highest BCUT2D eigenvalue weighted by Gasteiger charge is 2.59. The summed E-state index contributed by atoms with van der Waals surface area (Å²) in [6.07, 6.45) is 9.15. The Hall–Kier alpha value is -4.74. The molecule has 24 nitrogen and oxygen atoms in total. The Morgan fingerprint density at radius 1 is 0.722 bits per heavy atom. The predicted octanol–water partition coefficient (Wildman–Crippen LogP) is 6.22. The first-order valence-electron chi connectivity index (χ1n) is 24.6. The van der Waals surface area contributed by atoms with Crippen LogP contribution in [0.15, 0.2) is 122 Å². The summed E-state index contributed by atoms with van der Waals surface area (Å²) in [5, 5.41) is 8.74. The molecule has 2 heterocycles. The highest BCUT2D eigenvalue weighted by Crippen LogP contribution is 2.68. The van der Waals surface area contributed by atoms with Crippen molar-refractivity contribution in [1.82, 2.24) is 5.32 Å². The van der Waals surface area contributed by atoms with Crippen LogP contribution in [0.5, 0.6) is 5.75 Å². The number of ether oxygens (including phenoxy) is 1. The van der Waals surface area contributed by atoms with E-state index in [1.54, 1.807) is 12.1 Å². The number of benzene rings is 3. The van der Waals surface area contributed by atoms with Crippen LogP contribution in [0.4, 0.5) is 11.4 Å². The van der Waals surface area contributed by atoms with Gasteiger partial charge in [0.2, 0.25) is 11.6 Å². The van der Waals surface area contributed by atoms with E-state index in [0.29, 0.717) is 95.9 Å². The molecule has 3 aromatic rings. The lowest BCUT2D eigenvalue weighted by molar-refractivity contribution is -0.438. The van der Waals surface area contributed by atoms with Crippen molar-refractivity contribution in [3.05, 3.63) is 119 Å². The van der Waals surface area contributed by atoms with Gasteiger partial charge in [0.15, 0.2) is 5.71 Å². The zero-order valence-corrected chi connectivity index (χ0v) is 48.4. The van der Waals surface area contributed by atoms with Gasteiger partial charge in [-0.3, -0.25) is 32.1 Å². The molecule has 0 radical (unpaired) electrons. The van der Waals surface area contributed by atoms with Crippen molar-refractivity contribution < 1.29 is 99.8 Å². The minimum atomic E-state index is -5.72. The van der Waals surface area contributed by atoms with Crippen molar-refractivity contribution >= 4 is 78.7 Å². The Morgan fingerprint density at radius 2 is 1.30 bits per heavy atom. The number of aliphatic hydroxyl groups is 1. The molecule has 0 bridgehead atoms.